The quantitative estimate of drug-likeness (QED) is 0.748. The van der Waals surface area contributed by atoms with Gasteiger partial charge >= 0.3 is 0 Å². The normalized spacial score (nSPS) is 23.2. The van der Waals surface area contributed by atoms with Crippen LogP contribution in [0.5, 0.6) is 0 Å². The Kier molecular flexibility index (Phi) is 5.28. The Morgan fingerprint density at radius 2 is 2.13 bits per heavy atom. The van der Waals surface area contributed by atoms with Crippen LogP contribution in [-0.2, 0) is 16.0 Å². The van der Waals surface area contributed by atoms with E-state index < -0.39 is 0 Å². The number of hydrogen-bond acceptors (Lipinski definition) is 3. The second kappa shape index (κ2) is 7.59. The average molecular weight is 315 g/mol. The van der Waals surface area contributed by atoms with Crippen molar-refractivity contribution >= 4 is 17.5 Å². The van der Waals surface area contributed by atoms with E-state index in [-0.39, 0.29) is 17.7 Å². The fourth-order valence-corrected chi connectivity index (χ4v) is 3.42. The molecule has 0 spiro atoms. The van der Waals surface area contributed by atoms with Gasteiger partial charge in [-0.1, -0.05) is 18.2 Å². The summed E-state index contributed by atoms with van der Waals surface area (Å²) in [4.78, 5) is 24.1. The molecule has 1 fully saturated rings. The third-order valence-electron chi connectivity index (χ3n) is 4.87. The molecule has 2 aliphatic rings. The minimum atomic E-state index is -0.102. The largest absolute Gasteiger partial charge is 0.356 e. The molecule has 1 aromatic rings. The van der Waals surface area contributed by atoms with Crippen LogP contribution < -0.4 is 16.0 Å². The Hall–Kier alpha value is -1.88. The van der Waals surface area contributed by atoms with Gasteiger partial charge in [-0.05, 0) is 56.3 Å². The Bertz CT molecular complexity index is 567. The van der Waals surface area contributed by atoms with Crippen LogP contribution >= 0.6 is 0 Å². The number of rotatable bonds is 6. The molecule has 0 aromatic heterocycles. The van der Waals surface area contributed by atoms with Crippen LogP contribution in [0.25, 0.3) is 0 Å². The molecule has 1 saturated heterocycles. The summed E-state index contributed by atoms with van der Waals surface area (Å²) in [6, 6.07) is 7.87. The number of nitrogens with one attached hydrogen (secondary N) is 3. The third-order valence-corrected chi connectivity index (χ3v) is 4.87. The van der Waals surface area contributed by atoms with Crippen molar-refractivity contribution in [3.05, 3.63) is 29.8 Å². The fourth-order valence-electron chi connectivity index (χ4n) is 3.42. The van der Waals surface area contributed by atoms with Crippen LogP contribution in [-0.4, -0.2) is 31.4 Å². The minimum absolute atomic E-state index is 0.0357. The molecule has 23 heavy (non-hydrogen) atoms. The maximum Gasteiger partial charge on any atom is 0.227 e. The van der Waals surface area contributed by atoms with E-state index in [1.165, 1.54) is 6.42 Å². The Balaban J connectivity index is 1.39. The third kappa shape index (κ3) is 4.32. The first-order chi connectivity index (χ1) is 11.2. The number of anilines is 1. The highest BCUT2D eigenvalue weighted by Crippen LogP contribution is 2.27. The van der Waals surface area contributed by atoms with Crippen LogP contribution in [0.2, 0.25) is 0 Å². The Morgan fingerprint density at radius 3 is 2.96 bits per heavy atom. The number of fused-ring (bicyclic) bond motifs is 1. The number of benzene rings is 1. The molecule has 2 unspecified atom stereocenters. The molecule has 0 bridgehead atoms. The zero-order valence-electron chi connectivity index (χ0n) is 13.4. The molecule has 3 N–H and O–H groups in total. The second-order valence-corrected chi connectivity index (χ2v) is 6.58. The number of hydrogen-bond donors (Lipinski definition) is 3. The predicted octanol–water partition coefficient (Wildman–Crippen LogP) is 1.69. The number of carbonyl (C=O) groups excluding carboxylic acids is 2. The van der Waals surface area contributed by atoms with Crippen LogP contribution in [0.15, 0.2) is 24.3 Å². The van der Waals surface area contributed by atoms with E-state index in [4.69, 9.17) is 0 Å². The van der Waals surface area contributed by atoms with Crippen molar-refractivity contribution in [2.24, 2.45) is 11.8 Å². The van der Waals surface area contributed by atoms with Crippen molar-refractivity contribution in [2.45, 2.75) is 32.1 Å². The van der Waals surface area contributed by atoms with Gasteiger partial charge in [0.25, 0.3) is 0 Å². The van der Waals surface area contributed by atoms with E-state index in [0.29, 0.717) is 18.8 Å². The van der Waals surface area contributed by atoms with E-state index in [0.717, 1.165) is 43.7 Å². The summed E-state index contributed by atoms with van der Waals surface area (Å²) in [6.07, 6.45) is 4.00. The molecule has 0 radical (unpaired) electrons. The van der Waals surface area contributed by atoms with Crippen molar-refractivity contribution in [1.29, 1.82) is 0 Å². The lowest BCUT2D eigenvalue weighted by Gasteiger charge is -2.24. The summed E-state index contributed by atoms with van der Waals surface area (Å²) in [5, 5.41) is 9.26. The van der Waals surface area contributed by atoms with Gasteiger partial charge in [0.15, 0.2) is 0 Å². The van der Waals surface area contributed by atoms with E-state index in [9.17, 15) is 9.59 Å². The van der Waals surface area contributed by atoms with Crippen molar-refractivity contribution < 1.29 is 9.59 Å². The van der Waals surface area contributed by atoms with Gasteiger partial charge in [-0.2, -0.15) is 0 Å². The highest BCUT2D eigenvalue weighted by atomic mass is 16.2. The first-order valence-corrected chi connectivity index (χ1v) is 8.58. The summed E-state index contributed by atoms with van der Waals surface area (Å²) < 4.78 is 0. The summed E-state index contributed by atoms with van der Waals surface area (Å²) >= 11 is 0. The Labute approximate surface area is 137 Å². The maximum absolute atomic E-state index is 12.1. The minimum Gasteiger partial charge on any atom is -0.356 e. The van der Waals surface area contributed by atoms with Crippen LogP contribution in [0.3, 0.4) is 0 Å². The van der Waals surface area contributed by atoms with Gasteiger partial charge in [-0.3, -0.25) is 9.59 Å². The lowest BCUT2D eigenvalue weighted by atomic mass is 9.89. The molecule has 2 aliphatic heterocycles. The lowest BCUT2D eigenvalue weighted by Crippen LogP contribution is -2.32. The Morgan fingerprint density at radius 1 is 1.26 bits per heavy atom. The summed E-state index contributed by atoms with van der Waals surface area (Å²) in [6.45, 7) is 2.90. The topological polar surface area (TPSA) is 70.2 Å². The predicted molar refractivity (Wildman–Crippen MR) is 90.1 cm³/mol. The molecule has 3 rings (SSSR count). The molecule has 0 aliphatic carbocycles. The molecule has 0 saturated carbocycles. The zero-order valence-corrected chi connectivity index (χ0v) is 13.4. The van der Waals surface area contributed by atoms with E-state index in [1.54, 1.807) is 0 Å². The molecule has 5 heteroatoms. The molecule has 5 nitrogen and oxygen atoms in total. The van der Waals surface area contributed by atoms with Crippen molar-refractivity contribution in [1.82, 2.24) is 10.6 Å². The SMILES string of the molecule is O=C(CCC1Cc2ccccc2NC1=O)NCCC1CCNC1. The number of amides is 2. The molecular weight excluding hydrogens is 290 g/mol. The van der Waals surface area contributed by atoms with Crippen molar-refractivity contribution in [2.75, 3.05) is 25.0 Å². The summed E-state index contributed by atoms with van der Waals surface area (Å²) in [5.41, 5.74) is 2.06. The van der Waals surface area contributed by atoms with Crippen LogP contribution in [0.4, 0.5) is 5.69 Å². The number of carbonyl (C=O) groups is 2. The van der Waals surface area contributed by atoms with E-state index in [2.05, 4.69) is 16.0 Å². The lowest BCUT2D eigenvalue weighted by molar-refractivity contribution is -0.122. The van der Waals surface area contributed by atoms with Crippen LogP contribution in [0.1, 0.15) is 31.2 Å². The van der Waals surface area contributed by atoms with Gasteiger partial charge in [0, 0.05) is 24.6 Å². The van der Waals surface area contributed by atoms with Gasteiger partial charge < -0.3 is 16.0 Å². The second-order valence-electron chi connectivity index (χ2n) is 6.58. The first kappa shape index (κ1) is 16.0. The monoisotopic (exact) mass is 315 g/mol. The maximum atomic E-state index is 12.1. The molecule has 124 valence electrons. The standard InChI is InChI=1S/C18H25N3O2/c22-17(20-10-8-13-7-9-19-12-13)6-5-15-11-14-3-1-2-4-16(14)21-18(15)23/h1-4,13,15,19H,5-12H2,(H,20,22)(H,21,23). The van der Waals surface area contributed by atoms with E-state index in [1.807, 2.05) is 24.3 Å². The molecule has 1 aromatic carbocycles. The fraction of sp³-hybridized carbons (Fsp3) is 0.556. The first-order valence-electron chi connectivity index (χ1n) is 8.58. The van der Waals surface area contributed by atoms with E-state index >= 15 is 0 Å². The molecule has 2 atom stereocenters. The van der Waals surface area contributed by atoms with Gasteiger partial charge in [0.05, 0.1) is 0 Å². The van der Waals surface area contributed by atoms with Crippen molar-refractivity contribution in [3.8, 4) is 0 Å². The van der Waals surface area contributed by atoms with Crippen LogP contribution in [0, 0.1) is 11.8 Å². The van der Waals surface area contributed by atoms with Crippen molar-refractivity contribution in [3.63, 3.8) is 0 Å². The molecule has 2 heterocycles. The molecular formula is C18H25N3O2. The smallest absolute Gasteiger partial charge is 0.227 e. The highest BCUT2D eigenvalue weighted by Gasteiger charge is 2.26. The average Bonchev–Trinajstić information content (AvgIpc) is 3.06. The highest BCUT2D eigenvalue weighted by molar-refractivity contribution is 5.96. The van der Waals surface area contributed by atoms with Gasteiger partial charge in [0.1, 0.15) is 0 Å². The zero-order chi connectivity index (χ0) is 16.1. The number of para-hydroxylation sites is 1. The summed E-state index contributed by atoms with van der Waals surface area (Å²) in [7, 11) is 0. The van der Waals surface area contributed by atoms with Gasteiger partial charge in [0.2, 0.25) is 11.8 Å². The van der Waals surface area contributed by atoms with Gasteiger partial charge in [-0.25, -0.2) is 0 Å². The van der Waals surface area contributed by atoms with Gasteiger partial charge in [-0.15, -0.1) is 0 Å². The molecule has 2 amide bonds. The summed E-state index contributed by atoms with van der Waals surface area (Å²) in [5.74, 6) is 0.682.